The Balaban J connectivity index is 2.83. The van der Waals surface area contributed by atoms with E-state index in [1.54, 1.807) is 11.3 Å². The van der Waals surface area contributed by atoms with Gasteiger partial charge in [0.1, 0.15) is 6.04 Å². The normalized spacial score (nSPS) is 13.1. The van der Waals surface area contributed by atoms with Gasteiger partial charge in [-0.1, -0.05) is 6.92 Å². The molecule has 0 saturated heterocycles. The Morgan fingerprint density at radius 2 is 2.20 bits per heavy atom. The molecule has 1 aromatic rings. The Morgan fingerprint density at radius 3 is 2.60 bits per heavy atom. The van der Waals surface area contributed by atoms with Crippen molar-refractivity contribution in [2.75, 3.05) is 0 Å². The largest absolute Gasteiger partial charge is 0.368 e. The molecule has 3 nitrogen and oxygen atoms in total. The van der Waals surface area contributed by atoms with Crippen LogP contribution in [0, 0.1) is 0 Å². The fraction of sp³-hybridized carbons (Fsp3) is 0.545. The number of carbonyl (C=O) groups is 1. The van der Waals surface area contributed by atoms with Gasteiger partial charge in [0.15, 0.2) is 0 Å². The first kappa shape index (κ1) is 12.2. The third kappa shape index (κ3) is 3.32. The summed E-state index contributed by atoms with van der Waals surface area (Å²) in [5, 5.41) is 3.17. The molecular formula is C11H18N2OS. The van der Waals surface area contributed by atoms with Crippen molar-refractivity contribution in [1.29, 1.82) is 0 Å². The smallest absolute Gasteiger partial charge is 0.240 e. The Kier molecular flexibility index (Phi) is 4.29. The van der Waals surface area contributed by atoms with Crippen molar-refractivity contribution < 1.29 is 4.79 Å². The highest BCUT2D eigenvalue weighted by Crippen LogP contribution is 2.23. The van der Waals surface area contributed by atoms with Crippen LogP contribution in [0.1, 0.15) is 36.6 Å². The average molecular weight is 226 g/mol. The second-order valence-corrected chi connectivity index (χ2v) is 5.01. The van der Waals surface area contributed by atoms with Crippen molar-refractivity contribution in [3.8, 4) is 0 Å². The number of primary amides is 1. The summed E-state index contributed by atoms with van der Waals surface area (Å²) in [5.74, 6) is -0.312. The Morgan fingerprint density at radius 1 is 1.53 bits per heavy atom. The summed E-state index contributed by atoms with van der Waals surface area (Å²) in [5.41, 5.74) is 5.37. The summed E-state index contributed by atoms with van der Waals surface area (Å²) in [6, 6.07) is 3.93. The first-order valence-corrected chi connectivity index (χ1v) is 6.00. The predicted octanol–water partition coefficient (Wildman–Crippen LogP) is 1.83. The van der Waals surface area contributed by atoms with E-state index < -0.39 is 0 Å². The van der Waals surface area contributed by atoms with Gasteiger partial charge in [-0.05, 0) is 32.4 Å². The van der Waals surface area contributed by atoms with E-state index in [2.05, 4.69) is 18.3 Å². The number of nitrogens with one attached hydrogen (secondary N) is 1. The minimum Gasteiger partial charge on any atom is -0.368 e. The van der Waals surface area contributed by atoms with Crippen LogP contribution in [0.3, 0.4) is 0 Å². The minimum atomic E-state index is -0.352. The van der Waals surface area contributed by atoms with Crippen molar-refractivity contribution in [2.45, 2.75) is 39.3 Å². The number of carbonyl (C=O) groups excluding carboxylic acids is 1. The lowest BCUT2D eigenvalue weighted by Gasteiger charge is -2.16. The molecule has 0 aliphatic heterocycles. The summed E-state index contributed by atoms with van der Waals surface area (Å²) in [7, 11) is 0. The molecule has 4 heteroatoms. The van der Waals surface area contributed by atoms with Crippen LogP contribution in [0.15, 0.2) is 12.1 Å². The summed E-state index contributed by atoms with van der Waals surface area (Å²) in [6.45, 7) is 6.11. The number of hydrogen-bond acceptors (Lipinski definition) is 3. The van der Waals surface area contributed by atoms with E-state index in [-0.39, 0.29) is 18.0 Å². The van der Waals surface area contributed by atoms with Gasteiger partial charge in [-0.25, -0.2) is 0 Å². The molecular weight excluding hydrogens is 208 g/mol. The summed E-state index contributed by atoms with van der Waals surface area (Å²) in [6.07, 6.45) is 0.998. The molecule has 1 rings (SSSR count). The predicted molar refractivity (Wildman–Crippen MR) is 63.9 cm³/mol. The highest BCUT2D eigenvalue weighted by molar-refractivity contribution is 7.12. The molecule has 3 N–H and O–H groups in total. The maximum Gasteiger partial charge on any atom is 0.240 e. The topological polar surface area (TPSA) is 55.1 Å². The molecule has 1 heterocycles. The van der Waals surface area contributed by atoms with E-state index in [0.717, 1.165) is 11.3 Å². The third-order valence-corrected chi connectivity index (χ3v) is 3.39. The first-order valence-electron chi connectivity index (χ1n) is 5.18. The van der Waals surface area contributed by atoms with Crippen molar-refractivity contribution >= 4 is 17.2 Å². The molecule has 1 atom stereocenters. The highest BCUT2D eigenvalue weighted by atomic mass is 32.1. The Labute approximate surface area is 94.7 Å². The zero-order valence-electron chi connectivity index (χ0n) is 9.41. The molecule has 0 saturated carbocycles. The zero-order chi connectivity index (χ0) is 11.4. The van der Waals surface area contributed by atoms with Crippen molar-refractivity contribution in [3.05, 3.63) is 21.9 Å². The van der Waals surface area contributed by atoms with Gasteiger partial charge >= 0.3 is 0 Å². The SMILES string of the molecule is CCc1ccc(C(NC(C)C)C(N)=O)s1. The van der Waals surface area contributed by atoms with Crippen LogP contribution in [0.2, 0.25) is 0 Å². The fourth-order valence-corrected chi connectivity index (χ4v) is 2.40. The van der Waals surface area contributed by atoms with Gasteiger partial charge in [-0.15, -0.1) is 11.3 Å². The molecule has 0 radical (unpaired) electrons. The Hall–Kier alpha value is -0.870. The molecule has 1 unspecified atom stereocenters. The van der Waals surface area contributed by atoms with Gasteiger partial charge in [-0.2, -0.15) is 0 Å². The second kappa shape index (κ2) is 5.28. The molecule has 0 aliphatic rings. The molecule has 0 aromatic carbocycles. The van der Waals surface area contributed by atoms with E-state index in [1.807, 2.05) is 19.9 Å². The van der Waals surface area contributed by atoms with Gasteiger partial charge in [0.25, 0.3) is 0 Å². The number of thiophene rings is 1. The standard InChI is InChI=1S/C11H18N2OS/c1-4-8-5-6-9(15-8)10(11(12)14)13-7(2)3/h5-7,10,13H,4H2,1-3H3,(H2,12,14). The van der Waals surface area contributed by atoms with Gasteiger partial charge in [0.2, 0.25) is 5.91 Å². The van der Waals surface area contributed by atoms with Crippen LogP contribution < -0.4 is 11.1 Å². The lowest BCUT2D eigenvalue weighted by Crippen LogP contribution is -2.36. The first-order chi connectivity index (χ1) is 7.04. The fourth-order valence-electron chi connectivity index (χ4n) is 1.38. The van der Waals surface area contributed by atoms with Crippen LogP contribution in [0.25, 0.3) is 0 Å². The molecule has 1 aromatic heterocycles. The third-order valence-electron chi connectivity index (χ3n) is 2.10. The summed E-state index contributed by atoms with van der Waals surface area (Å²) < 4.78 is 0. The van der Waals surface area contributed by atoms with E-state index >= 15 is 0 Å². The minimum absolute atomic E-state index is 0.245. The average Bonchev–Trinajstić information content (AvgIpc) is 2.61. The van der Waals surface area contributed by atoms with Gasteiger partial charge in [-0.3, -0.25) is 10.1 Å². The summed E-state index contributed by atoms with van der Waals surface area (Å²) in [4.78, 5) is 13.6. The maximum atomic E-state index is 11.3. The molecule has 0 fully saturated rings. The summed E-state index contributed by atoms with van der Waals surface area (Å²) >= 11 is 1.65. The van der Waals surface area contributed by atoms with Crippen LogP contribution in [0.4, 0.5) is 0 Å². The van der Waals surface area contributed by atoms with E-state index in [1.165, 1.54) is 4.88 Å². The Bertz CT molecular complexity index is 333. The van der Waals surface area contributed by atoms with E-state index in [0.29, 0.717) is 0 Å². The van der Waals surface area contributed by atoms with E-state index in [9.17, 15) is 4.79 Å². The van der Waals surface area contributed by atoms with Crippen LogP contribution in [0.5, 0.6) is 0 Å². The lowest BCUT2D eigenvalue weighted by atomic mass is 10.2. The number of amides is 1. The van der Waals surface area contributed by atoms with Crippen molar-refractivity contribution in [1.82, 2.24) is 5.32 Å². The molecule has 84 valence electrons. The monoisotopic (exact) mass is 226 g/mol. The van der Waals surface area contributed by atoms with Crippen molar-refractivity contribution in [2.24, 2.45) is 5.73 Å². The molecule has 0 aliphatic carbocycles. The number of aryl methyl sites for hydroxylation is 1. The molecule has 0 bridgehead atoms. The van der Waals surface area contributed by atoms with Crippen molar-refractivity contribution in [3.63, 3.8) is 0 Å². The lowest BCUT2D eigenvalue weighted by molar-refractivity contribution is -0.120. The molecule has 1 amide bonds. The van der Waals surface area contributed by atoms with Gasteiger partial charge < -0.3 is 5.73 Å². The zero-order valence-corrected chi connectivity index (χ0v) is 10.2. The number of hydrogen-bond donors (Lipinski definition) is 2. The highest BCUT2D eigenvalue weighted by Gasteiger charge is 2.19. The number of rotatable bonds is 5. The van der Waals surface area contributed by atoms with Crippen LogP contribution in [-0.4, -0.2) is 11.9 Å². The maximum absolute atomic E-state index is 11.3. The second-order valence-electron chi connectivity index (χ2n) is 3.81. The van der Waals surface area contributed by atoms with E-state index in [4.69, 9.17) is 5.73 Å². The van der Waals surface area contributed by atoms with Crippen LogP contribution in [-0.2, 0) is 11.2 Å². The van der Waals surface area contributed by atoms with Gasteiger partial charge in [0, 0.05) is 15.8 Å². The quantitative estimate of drug-likeness (QED) is 0.805. The number of nitrogens with two attached hydrogens (primary N) is 1. The van der Waals surface area contributed by atoms with Gasteiger partial charge in [0.05, 0.1) is 0 Å². The molecule has 0 spiro atoms. The van der Waals surface area contributed by atoms with Crippen LogP contribution >= 0.6 is 11.3 Å². The molecule has 15 heavy (non-hydrogen) atoms.